The summed E-state index contributed by atoms with van der Waals surface area (Å²) in [6, 6.07) is 16.6. The molecule has 0 aliphatic carbocycles. The van der Waals surface area contributed by atoms with E-state index >= 15 is 0 Å². The first kappa shape index (κ1) is 24.7. The van der Waals surface area contributed by atoms with Crippen LogP contribution < -0.4 is 10.2 Å². The summed E-state index contributed by atoms with van der Waals surface area (Å²) in [5.41, 5.74) is 6.51. The van der Waals surface area contributed by atoms with Crippen molar-refractivity contribution in [2.45, 2.75) is 53.4 Å². The highest BCUT2D eigenvalue weighted by atomic mass is 16.2. The summed E-state index contributed by atoms with van der Waals surface area (Å²) in [6.45, 7) is 15.5. The van der Waals surface area contributed by atoms with Crippen LogP contribution in [0.5, 0.6) is 0 Å². The maximum Gasteiger partial charge on any atom is 0.321 e. The van der Waals surface area contributed by atoms with E-state index in [0.717, 1.165) is 41.7 Å². The van der Waals surface area contributed by atoms with Gasteiger partial charge in [-0.05, 0) is 36.8 Å². The van der Waals surface area contributed by atoms with Gasteiger partial charge in [0.1, 0.15) is 5.82 Å². The zero-order chi connectivity index (χ0) is 25.1. The Kier molecular flexibility index (Phi) is 7.39. The van der Waals surface area contributed by atoms with Gasteiger partial charge in [-0.1, -0.05) is 75.7 Å². The number of nitrogens with zero attached hydrogens (tertiary/aromatic N) is 4. The van der Waals surface area contributed by atoms with E-state index in [1.54, 1.807) is 0 Å². The fraction of sp³-hybridized carbons (Fsp3) is 0.414. The minimum Gasteiger partial charge on any atom is -0.353 e. The lowest BCUT2D eigenvalue weighted by atomic mass is 9.93. The van der Waals surface area contributed by atoms with Crippen LogP contribution in [0, 0.1) is 13.8 Å². The Bertz CT molecular complexity index is 1150. The SMILES string of the molecule is Cc1ccc(-c2nc(C)cc(N3CCN(C(=O)Nc4c(C(C)C)cccc4C(C)C)CC3)n2)cc1. The summed E-state index contributed by atoms with van der Waals surface area (Å²) in [4.78, 5) is 26.9. The molecular weight excluding hydrogens is 434 g/mol. The van der Waals surface area contributed by atoms with Crippen LogP contribution in [0.1, 0.15) is 61.9 Å². The zero-order valence-corrected chi connectivity index (χ0v) is 21.8. The summed E-state index contributed by atoms with van der Waals surface area (Å²) in [5, 5.41) is 3.25. The molecule has 6 heteroatoms. The first-order valence-corrected chi connectivity index (χ1v) is 12.6. The number of hydrogen-bond acceptors (Lipinski definition) is 4. The zero-order valence-electron chi connectivity index (χ0n) is 21.8. The number of carbonyl (C=O) groups excluding carboxylic acids is 1. The van der Waals surface area contributed by atoms with Gasteiger partial charge in [0.25, 0.3) is 0 Å². The molecule has 1 fully saturated rings. The fourth-order valence-corrected chi connectivity index (χ4v) is 4.57. The van der Waals surface area contributed by atoms with Crippen LogP contribution in [0.15, 0.2) is 48.5 Å². The maximum absolute atomic E-state index is 13.3. The molecule has 0 spiro atoms. The molecule has 1 aliphatic heterocycles. The van der Waals surface area contributed by atoms with Gasteiger partial charge in [0.15, 0.2) is 5.82 Å². The first-order valence-electron chi connectivity index (χ1n) is 12.6. The van der Waals surface area contributed by atoms with Crippen LogP contribution in [-0.2, 0) is 0 Å². The second-order valence-electron chi connectivity index (χ2n) is 10.1. The number of anilines is 2. The number of aryl methyl sites for hydroxylation is 2. The second-order valence-corrected chi connectivity index (χ2v) is 10.1. The Morgan fingerprint density at radius 3 is 2.03 bits per heavy atom. The number of para-hydroxylation sites is 1. The Labute approximate surface area is 209 Å². The van der Waals surface area contributed by atoms with Crippen LogP contribution in [0.2, 0.25) is 0 Å². The molecule has 4 rings (SSSR count). The van der Waals surface area contributed by atoms with Crippen LogP contribution in [0.4, 0.5) is 16.3 Å². The summed E-state index contributed by atoms with van der Waals surface area (Å²) in [7, 11) is 0. The van der Waals surface area contributed by atoms with Gasteiger partial charge in [-0.15, -0.1) is 0 Å². The van der Waals surface area contributed by atoms with Gasteiger partial charge < -0.3 is 15.1 Å². The predicted octanol–water partition coefficient (Wildman–Crippen LogP) is 6.36. The van der Waals surface area contributed by atoms with Crippen LogP contribution >= 0.6 is 0 Å². The Morgan fingerprint density at radius 1 is 0.857 bits per heavy atom. The third kappa shape index (κ3) is 5.64. The normalized spacial score (nSPS) is 14.1. The van der Waals surface area contributed by atoms with E-state index in [1.807, 2.05) is 17.9 Å². The number of carbonyl (C=O) groups is 1. The van der Waals surface area contributed by atoms with Gasteiger partial charge in [0.2, 0.25) is 0 Å². The van der Waals surface area contributed by atoms with E-state index < -0.39 is 0 Å². The molecule has 1 N–H and O–H groups in total. The molecule has 35 heavy (non-hydrogen) atoms. The quantitative estimate of drug-likeness (QED) is 0.470. The third-order valence-corrected chi connectivity index (χ3v) is 6.65. The van der Waals surface area contributed by atoms with Crippen molar-refractivity contribution in [2.24, 2.45) is 0 Å². The Hall–Kier alpha value is -3.41. The average molecular weight is 472 g/mol. The van der Waals surface area contributed by atoms with Crippen LogP contribution in [0.25, 0.3) is 11.4 Å². The van der Waals surface area contributed by atoms with Gasteiger partial charge >= 0.3 is 6.03 Å². The van der Waals surface area contributed by atoms with Gasteiger partial charge in [-0.25, -0.2) is 14.8 Å². The molecule has 0 saturated carbocycles. The molecule has 0 bridgehead atoms. The maximum atomic E-state index is 13.3. The topological polar surface area (TPSA) is 61.4 Å². The Morgan fingerprint density at radius 2 is 1.46 bits per heavy atom. The summed E-state index contributed by atoms with van der Waals surface area (Å²) < 4.78 is 0. The van der Waals surface area contributed by atoms with Crippen molar-refractivity contribution in [2.75, 3.05) is 36.4 Å². The number of amides is 2. The Balaban J connectivity index is 1.46. The monoisotopic (exact) mass is 471 g/mol. The van der Waals surface area contributed by atoms with E-state index in [0.29, 0.717) is 24.9 Å². The van der Waals surface area contributed by atoms with E-state index in [1.165, 1.54) is 16.7 Å². The van der Waals surface area contributed by atoms with Gasteiger partial charge in [-0.3, -0.25) is 0 Å². The van der Waals surface area contributed by atoms with Crippen molar-refractivity contribution >= 4 is 17.5 Å². The molecule has 0 radical (unpaired) electrons. The highest BCUT2D eigenvalue weighted by molar-refractivity contribution is 5.91. The van der Waals surface area contributed by atoms with Crippen LogP contribution in [-0.4, -0.2) is 47.1 Å². The molecule has 1 aromatic heterocycles. The summed E-state index contributed by atoms with van der Waals surface area (Å²) in [5.74, 6) is 2.33. The molecule has 3 aromatic rings. The second kappa shape index (κ2) is 10.5. The highest BCUT2D eigenvalue weighted by Crippen LogP contribution is 2.32. The lowest BCUT2D eigenvalue weighted by Gasteiger charge is -2.36. The molecule has 6 nitrogen and oxygen atoms in total. The van der Waals surface area contributed by atoms with E-state index in [2.05, 4.69) is 92.3 Å². The number of piperazine rings is 1. The van der Waals surface area contributed by atoms with Crippen LogP contribution in [0.3, 0.4) is 0 Å². The fourth-order valence-electron chi connectivity index (χ4n) is 4.57. The summed E-state index contributed by atoms with van der Waals surface area (Å²) in [6.07, 6.45) is 0. The van der Waals surface area contributed by atoms with Crippen molar-refractivity contribution in [3.8, 4) is 11.4 Å². The van der Waals surface area contributed by atoms with E-state index in [9.17, 15) is 4.79 Å². The largest absolute Gasteiger partial charge is 0.353 e. The summed E-state index contributed by atoms with van der Waals surface area (Å²) >= 11 is 0. The third-order valence-electron chi connectivity index (χ3n) is 6.65. The van der Waals surface area contributed by atoms with Crippen molar-refractivity contribution in [3.63, 3.8) is 0 Å². The predicted molar refractivity (Wildman–Crippen MR) is 144 cm³/mol. The highest BCUT2D eigenvalue weighted by Gasteiger charge is 2.24. The van der Waals surface area contributed by atoms with Gasteiger partial charge in [-0.2, -0.15) is 0 Å². The number of nitrogens with one attached hydrogen (secondary N) is 1. The minimum absolute atomic E-state index is 0.0288. The van der Waals surface area contributed by atoms with Gasteiger partial charge in [0, 0.05) is 49.2 Å². The lowest BCUT2D eigenvalue weighted by Crippen LogP contribution is -2.50. The molecule has 2 heterocycles. The number of rotatable bonds is 5. The lowest BCUT2D eigenvalue weighted by molar-refractivity contribution is 0.208. The molecule has 2 amide bonds. The number of benzene rings is 2. The van der Waals surface area contributed by atoms with Gasteiger partial charge in [0.05, 0.1) is 0 Å². The van der Waals surface area contributed by atoms with E-state index in [4.69, 9.17) is 4.98 Å². The molecular formula is C29H37N5O. The number of urea groups is 1. The molecule has 0 unspecified atom stereocenters. The molecule has 1 saturated heterocycles. The van der Waals surface area contributed by atoms with Crippen molar-refractivity contribution in [1.29, 1.82) is 0 Å². The molecule has 1 aliphatic rings. The standard InChI is InChI=1S/C29H37N5O/c1-19(2)24-8-7-9-25(20(3)4)27(24)32-29(35)34-16-14-33(15-17-34)26-18-22(6)30-28(31-26)23-12-10-21(5)11-13-23/h7-13,18-20H,14-17H2,1-6H3,(H,32,35). The van der Waals surface area contributed by atoms with Crippen molar-refractivity contribution in [3.05, 3.63) is 70.9 Å². The molecule has 184 valence electrons. The molecule has 2 aromatic carbocycles. The average Bonchev–Trinajstić information content (AvgIpc) is 2.84. The van der Waals surface area contributed by atoms with Crippen molar-refractivity contribution < 1.29 is 4.79 Å². The number of aromatic nitrogens is 2. The van der Waals surface area contributed by atoms with Crippen molar-refractivity contribution in [1.82, 2.24) is 14.9 Å². The van der Waals surface area contributed by atoms with E-state index in [-0.39, 0.29) is 6.03 Å². The first-order chi connectivity index (χ1) is 16.7. The minimum atomic E-state index is -0.0288. The smallest absolute Gasteiger partial charge is 0.321 e. The molecule has 0 atom stereocenters. The number of hydrogen-bond donors (Lipinski definition) is 1.